The second-order valence-electron chi connectivity index (χ2n) is 12.3. The number of aromatic nitrogens is 4. The normalized spacial score (nSPS) is 18.7. The van der Waals surface area contributed by atoms with Crippen molar-refractivity contribution in [1.82, 2.24) is 29.4 Å². The minimum atomic E-state index is -2.55. The van der Waals surface area contributed by atoms with E-state index in [1.807, 2.05) is 14.3 Å². The number of hydrogen-bond donors (Lipinski definition) is 1. The Hall–Kier alpha value is -3.33. The molecule has 1 aromatic carbocycles. The summed E-state index contributed by atoms with van der Waals surface area (Å²) in [6.07, 6.45) is 5.75. The SMILES string of the molecule is Cc1c(-c2[nH]c3ccc(C4CCN(C(=O)CCN5CCC(F)(F)CC5)CC4)cc3c2C(C)C)cn2ncnc2c1C. The molecule has 218 valence electrons. The fourth-order valence-electron chi connectivity index (χ4n) is 6.73. The van der Waals surface area contributed by atoms with Crippen LogP contribution in [-0.4, -0.2) is 73.9 Å². The molecule has 0 saturated carbocycles. The summed E-state index contributed by atoms with van der Waals surface area (Å²) in [5, 5.41) is 5.66. The number of likely N-dealkylation sites (tertiary alicyclic amines) is 2. The monoisotopic (exact) mass is 562 g/mol. The second-order valence-corrected chi connectivity index (χ2v) is 12.3. The molecule has 0 bridgehead atoms. The Labute approximate surface area is 239 Å². The van der Waals surface area contributed by atoms with Crippen molar-refractivity contribution in [2.24, 2.45) is 0 Å². The van der Waals surface area contributed by atoms with Gasteiger partial charge >= 0.3 is 0 Å². The summed E-state index contributed by atoms with van der Waals surface area (Å²) < 4.78 is 28.7. The maximum atomic E-state index is 13.4. The van der Waals surface area contributed by atoms with Crippen LogP contribution < -0.4 is 0 Å². The summed E-state index contributed by atoms with van der Waals surface area (Å²) in [6.45, 7) is 11.5. The number of fused-ring (bicyclic) bond motifs is 2. The van der Waals surface area contributed by atoms with Gasteiger partial charge in [0.25, 0.3) is 5.92 Å². The Morgan fingerprint density at radius 1 is 1.10 bits per heavy atom. The Kier molecular flexibility index (Phi) is 7.34. The number of aromatic amines is 1. The van der Waals surface area contributed by atoms with Crippen LogP contribution in [0.5, 0.6) is 0 Å². The Bertz CT molecular complexity index is 1570. The van der Waals surface area contributed by atoms with Crippen LogP contribution in [0.2, 0.25) is 0 Å². The van der Waals surface area contributed by atoms with Gasteiger partial charge in [0.15, 0.2) is 5.65 Å². The van der Waals surface area contributed by atoms with Gasteiger partial charge < -0.3 is 14.8 Å². The smallest absolute Gasteiger partial charge is 0.250 e. The second kappa shape index (κ2) is 10.8. The Balaban J connectivity index is 1.17. The van der Waals surface area contributed by atoms with Gasteiger partial charge in [-0.2, -0.15) is 5.10 Å². The predicted octanol–water partition coefficient (Wildman–Crippen LogP) is 6.45. The largest absolute Gasteiger partial charge is 0.354 e. The van der Waals surface area contributed by atoms with Gasteiger partial charge in [-0.15, -0.1) is 0 Å². The van der Waals surface area contributed by atoms with E-state index in [1.54, 1.807) is 6.33 Å². The van der Waals surface area contributed by atoms with E-state index >= 15 is 0 Å². The van der Waals surface area contributed by atoms with Gasteiger partial charge in [0.05, 0.1) is 5.69 Å². The third-order valence-corrected chi connectivity index (χ3v) is 9.38. The molecule has 2 aliphatic rings. The fourth-order valence-corrected chi connectivity index (χ4v) is 6.73. The summed E-state index contributed by atoms with van der Waals surface area (Å²) in [5.74, 6) is -1.68. The summed E-state index contributed by atoms with van der Waals surface area (Å²) in [7, 11) is 0. The third kappa shape index (κ3) is 5.36. The number of rotatable bonds is 6. The summed E-state index contributed by atoms with van der Waals surface area (Å²) in [4.78, 5) is 25.0. The third-order valence-electron chi connectivity index (χ3n) is 9.38. The number of carbonyl (C=O) groups excluding carboxylic acids is 1. The molecule has 6 rings (SSSR count). The van der Waals surface area contributed by atoms with Gasteiger partial charge in [0, 0.05) is 74.6 Å². The van der Waals surface area contributed by atoms with Crippen molar-refractivity contribution in [3.05, 3.63) is 53.0 Å². The van der Waals surface area contributed by atoms with E-state index in [0.29, 0.717) is 37.9 Å². The first-order valence-corrected chi connectivity index (χ1v) is 14.9. The van der Waals surface area contributed by atoms with Crippen LogP contribution in [0.3, 0.4) is 0 Å². The highest BCUT2D eigenvalue weighted by Crippen LogP contribution is 2.40. The van der Waals surface area contributed by atoms with Gasteiger partial charge in [-0.1, -0.05) is 19.9 Å². The zero-order chi connectivity index (χ0) is 28.9. The lowest BCUT2D eigenvalue weighted by atomic mass is 9.87. The van der Waals surface area contributed by atoms with Crippen LogP contribution >= 0.6 is 0 Å². The number of nitrogens with zero attached hydrogens (tertiary/aromatic N) is 5. The lowest BCUT2D eigenvalue weighted by molar-refractivity contribution is -0.132. The summed E-state index contributed by atoms with van der Waals surface area (Å²) in [6, 6.07) is 6.80. The van der Waals surface area contributed by atoms with Gasteiger partial charge in [0.2, 0.25) is 5.91 Å². The molecule has 0 unspecified atom stereocenters. The van der Waals surface area contributed by atoms with Crippen molar-refractivity contribution in [3.63, 3.8) is 0 Å². The number of aryl methyl sites for hydroxylation is 1. The maximum Gasteiger partial charge on any atom is 0.250 e. The van der Waals surface area contributed by atoms with Gasteiger partial charge in [-0.25, -0.2) is 18.3 Å². The van der Waals surface area contributed by atoms with Crippen LogP contribution in [-0.2, 0) is 4.79 Å². The first-order chi connectivity index (χ1) is 19.6. The molecular formula is C32H40F2N6O. The number of H-pyrrole nitrogens is 1. The number of halogens is 2. The van der Waals surface area contributed by atoms with Crippen molar-refractivity contribution in [2.75, 3.05) is 32.7 Å². The van der Waals surface area contributed by atoms with E-state index in [-0.39, 0.29) is 18.7 Å². The molecule has 41 heavy (non-hydrogen) atoms. The van der Waals surface area contributed by atoms with Crippen LogP contribution in [0, 0.1) is 13.8 Å². The van der Waals surface area contributed by atoms with E-state index in [2.05, 4.69) is 67.2 Å². The first kappa shape index (κ1) is 27.8. The number of carbonyl (C=O) groups is 1. The molecule has 9 heteroatoms. The highest BCUT2D eigenvalue weighted by atomic mass is 19.3. The molecule has 2 aliphatic heterocycles. The van der Waals surface area contributed by atoms with E-state index in [1.165, 1.54) is 22.1 Å². The number of amides is 1. The molecular weight excluding hydrogens is 522 g/mol. The summed E-state index contributed by atoms with van der Waals surface area (Å²) in [5.41, 5.74) is 9.28. The molecule has 0 aliphatic carbocycles. The van der Waals surface area contributed by atoms with E-state index < -0.39 is 5.92 Å². The summed E-state index contributed by atoms with van der Waals surface area (Å²) >= 11 is 0. The highest BCUT2D eigenvalue weighted by molar-refractivity contribution is 5.92. The van der Waals surface area contributed by atoms with E-state index in [9.17, 15) is 13.6 Å². The van der Waals surface area contributed by atoms with Crippen molar-refractivity contribution in [3.8, 4) is 11.3 Å². The van der Waals surface area contributed by atoms with E-state index in [4.69, 9.17) is 0 Å². The molecule has 3 aromatic heterocycles. The Morgan fingerprint density at radius 3 is 2.54 bits per heavy atom. The van der Waals surface area contributed by atoms with E-state index in [0.717, 1.165) is 53.9 Å². The fraction of sp³-hybridized carbons (Fsp3) is 0.531. The average Bonchev–Trinajstić information content (AvgIpc) is 3.59. The van der Waals surface area contributed by atoms with Crippen LogP contribution in [0.25, 0.3) is 27.8 Å². The molecule has 0 radical (unpaired) electrons. The number of alkyl halides is 2. The van der Waals surface area contributed by atoms with Gasteiger partial charge in [0.1, 0.15) is 6.33 Å². The minimum absolute atomic E-state index is 0.103. The first-order valence-electron chi connectivity index (χ1n) is 14.9. The molecule has 2 fully saturated rings. The van der Waals surface area contributed by atoms with Crippen molar-refractivity contribution < 1.29 is 13.6 Å². The molecule has 0 spiro atoms. The number of pyridine rings is 1. The average molecular weight is 563 g/mol. The number of benzene rings is 1. The van der Waals surface area contributed by atoms with Crippen molar-refractivity contribution >= 4 is 22.5 Å². The topological polar surface area (TPSA) is 69.5 Å². The molecule has 4 aromatic rings. The Morgan fingerprint density at radius 2 is 1.83 bits per heavy atom. The maximum absolute atomic E-state index is 13.4. The lowest BCUT2D eigenvalue weighted by Gasteiger charge is -2.34. The highest BCUT2D eigenvalue weighted by Gasteiger charge is 2.34. The van der Waals surface area contributed by atoms with Crippen LogP contribution in [0.15, 0.2) is 30.7 Å². The van der Waals surface area contributed by atoms with Crippen molar-refractivity contribution in [2.45, 2.75) is 77.6 Å². The number of nitrogens with one attached hydrogen (secondary N) is 1. The van der Waals surface area contributed by atoms with Crippen LogP contribution in [0.1, 0.15) is 80.0 Å². The van der Waals surface area contributed by atoms with Crippen LogP contribution in [0.4, 0.5) is 8.78 Å². The molecule has 7 nitrogen and oxygen atoms in total. The van der Waals surface area contributed by atoms with Gasteiger partial charge in [-0.05, 0) is 72.9 Å². The minimum Gasteiger partial charge on any atom is -0.354 e. The molecule has 2 saturated heterocycles. The molecule has 1 amide bonds. The molecule has 5 heterocycles. The zero-order valence-corrected chi connectivity index (χ0v) is 24.5. The molecule has 1 N–H and O–H groups in total. The number of piperidine rings is 2. The number of hydrogen-bond acceptors (Lipinski definition) is 4. The van der Waals surface area contributed by atoms with Gasteiger partial charge in [-0.3, -0.25) is 4.79 Å². The molecule has 0 atom stereocenters. The van der Waals surface area contributed by atoms with Crippen molar-refractivity contribution in [1.29, 1.82) is 0 Å². The predicted molar refractivity (Wildman–Crippen MR) is 158 cm³/mol. The quantitative estimate of drug-likeness (QED) is 0.293. The zero-order valence-electron chi connectivity index (χ0n) is 24.5. The lowest BCUT2D eigenvalue weighted by Crippen LogP contribution is -2.43. The standard InChI is InChI=1S/C32H40F2N6O/c1-20(2)29-25-17-24(5-6-27(25)37-30(29)26-18-40-31(35-19-36-40)22(4)21(26)3)23-7-13-39(14-8-23)28(41)9-12-38-15-10-32(33,34)11-16-38/h5-6,17-20,23,37H,7-16H2,1-4H3.